The highest BCUT2D eigenvalue weighted by Gasteiger charge is 2.11. The number of hydrogen-bond donors (Lipinski definition) is 2. The SMILES string of the molecule is COc1ccc(CNC(=O)CC(=O)Nc2ccc(OC)c(Cl)c2)cc1. The summed E-state index contributed by atoms with van der Waals surface area (Å²) in [4.78, 5) is 23.8. The van der Waals surface area contributed by atoms with Crippen LogP contribution in [-0.4, -0.2) is 26.0 Å². The monoisotopic (exact) mass is 362 g/mol. The van der Waals surface area contributed by atoms with E-state index in [1.165, 1.54) is 7.11 Å². The van der Waals surface area contributed by atoms with E-state index in [1.54, 1.807) is 25.3 Å². The summed E-state index contributed by atoms with van der Waals surface area (Å²) in [7, 11) is 3.10. The van der Waals surface area contributed by atoms with Gasteiger partial charge in [0.05, 0.1) is 19.2 Å². The van der Waals surface area contributed by atoms with E-state index in [-0.39, 0.29) is 12.3 Å². The maximum atomic E-state index is 11.9. The number of amides is 2. The third-order valence-corrected chi connectivity index (χ3v) is 3.70. The topological polar surface area (TPSA) is 76.7 Å². The molecular weight excluding hydrogens is 344 g/mol. The molecule has 0 heterocycles. The third kappa shape index (κ3) is 5.69. The Morgan fingerprint density at radius 1 is 1.00 bits per heavy atom. The van der Waals surface area contributed by atoms with Crippen LogP contribution < -0.4 is 20.1 Å². The highest BCUT2D eigenvalue weighted by molar-refractivity contribution is 6.32. The van der Waals surface area contributed by atoms with E-state index < -0.39 is 5.91 Å². The lowest BCUT2D eigenvalue weighted by atomic mass is 10.2. The fraction of sp³-hybridized carbons (Fsp3) is 0.222. The van der Waals surface area contributed by atoms with E-state index in [0.29, 0.717) is 23.0 Å². The molecule has 7 heteroatoms. The molecule has 0 radical (unpaired) electrons. The second-order valence-corrected chi connectivity index (χ2v) is 5.61. The van der Waals surface area contributed by atoms with Gasteiger partial charge in [-0.25, -0.2) is 0 Å². The summed E-state index contributed by atoms with van der Waals surface area (Å²) in [5.74, 6) is 0.464. The molecule has 0 bridgehead atoms. The Hall–Kier alpha value is -2.73. The van der Waals surface area contributed by atoms with Gasteiger partial charge in [-0.2, -0.15) is 0 Å². The zero-order chi connectivity index (χ0) is 18.2. The van der Waals surface area contributed by atoms with Gasteiger partial charge >= 0.3 is 0 Å². The van der Waals surface area contributed by atoms with Gasteiger partial charge in [-0.1, -0.05) is 23.7 Å². The molecule has 0 aliphatic heterocycles. The van der Waals surface area contributed by atoms with E-state index in [9.17, 15) is 9.59 Å². The van der Waals surface area contributed by atoms with E-state index in [1.807, 2.05) is 24.3 Å². The molecule has 132 valence electrons. The first kappa shape index (κ1) is 18.6. The maximum absolute atomic E-state index is 11.9. The third-order valence-electron chi connectivity index (χ3n) is 3.41. The van der Waals surface area contributed by atoms with Gasteiger partial charge in [0.2, 0.25) is 11.8 Å². The van der Waals surface area contributed by atoms with Gasteiger partial charge in [-0.3, -0.25) is 9.59 Å². The van der Waals surface area contributed by atoms with Crippen molar-refractivity contribution >= 4 is 29.1 Å². The number of nitrogens with one attached hydrogen (secondary N) is 2. The summed E-state index contributed by atoms with van der Waals surface area (Å²) in [5, 5.41) is 5.70. The molecule has 2 amide bonds. The Kier molecular flexibility index (Phi) is 6.65. The van der Waals surface area contributed by atoms with Crippen molar-refractivity contribution in [2.45, 2.75) is 13.0 Å². The van der Waals surface area contributed by atoms with Crippen LogP contribution in [0.25, 0.3) is 0 Å². The second-order valence-electron chi connectivity index (χ2n) is 5.20. The summed E-state index contributed by atoms with van der Waals surface area (Å²) in [6.45, 7) is 0.338. The molecule has 0 aromatic heterocycles. The minimum absolute atomic E-state index is 0.278. The molecule has 2 rings (SSSR count). The minimum atomic E-state index is -0.423. The van der Waals surface area contributed by atoms with Crippen LogP contribution in [-0.2, 0) is 16.1 Å². The predicted octanol–water partition coefficient (Wildman–Crippen LogP) is 3.00. The second kappa shape index (κ2) is 8.94. The lowest BCUT2D eigenvalue weighted by molar-refractivity contribution is -0.126. The summed E-state index contributed by atoms with van der Waals surface area (Å²) in [6.07, 6.45) is -0.278. The van der Waals surface area contributed by atoms with Gasteiger partial charge in [0, 0.05) is 12.2 Å². The van der Waals surface area contributed by atoms with Crippen molar-refractivity contribution in [3.05, 3.63) is 53.1 Å². The van der Waals surface area contributed by atoms with Crippen molar-refractivity contribution in [2.24, 2.45) is 0 Å². The van der Waals surface area contributed by atoms with Crippen molar-refractivity contribution in [3.8, 4) is 11.5 Å². The van der Waals surface area contributed by atoms with Crippen molar-refractivity contribution < 1.29 is 19.1 Å². The van der Waals surface area contributed by atoms with Crippen LogP contribution in [0.2, 0.25) is 5.02 Å². The number of rotatable bonds is 7. The molecule has 0 aliphatic rings. The molecule has 6 nitrogen and oxygen atoms in total. The molecule has 2 aromatic rings. The lowest BCUT2D eigenvalue weighted by Crippen LogP contribution is -2.27. The van der Waals surface area contributed by atoms with Crippen molar-refractivity contribution in [2.75, 3.05) is 19.5 Å². The van der Waals surface area contributed by atoms with Crippen LogP contribution in [0.5, 0.6) is 11.5 Å². The molecule has 0 saturated heterocycles. The Balaban J connectivity index is 1.81. The Labute approximate surface area is 151 Å². The first-order chi connectivity index (χ1) is 12.0. The molecule has 0 spiro atoms. The average Bonchev–Trinajstić information content (AvgIpc) is 2.60. The zero-order valence-electron chi connectivity index (χ0n) is 14.0. The molecule has 0 saturated carbocycles. The smallest absolute Gasteiger partial charge is 0.233 e. The van der Waals surface area contributed by atoms with Gasteiger partial charge in [-0.15, -0.1) is 0 Å². The Morgan fingerprint density at radius 2 is 1.72 bits per heavy atom. The number of halogens is 1. The van der Waals surface area contributed by atoms with Crippen LogP contribution in [0.1, 0.15) is 12.0 Å². The average molecular weight is 363 g/mol. The summed E-state index contributed by atoms with van der Waals surface area (Å²) in [5.41, 5.74) is 1.41. The van der Waals surface area contributed by atoms with E-state index in [4.69, 9.17) is 21.1 Å². The molecule has 2 N–H and O–H groups in total. The lowest BCUT2D eigenvalue weighted by Gasteiger charge is -2.09. The van der Waals surface area contributed by atoms with Gasteiger partial charge in [0.25, 0.3) is 0 Å². The number of carbonyl (C=O) groups is 2. The fourth-order valence-corrected chi connectivity index (χ4v) is 2.36. The molecule has 0 unspecified atom stereocenters. The molecular formula is C18H19ClN2O4. The van der Waals surface area contributed by atoms with Crippen molar-refractivity contribution in [1.29, 1.82) is 0 Å². The number of ether oxygens (including phenoxy) is 2. The predicted molar refractivity (Wildman–Crippen MR) is 96.1 cm³/mol. The number of benzene rings is 2. The number of hydrogen-bond acceptors (Lipinski definition) is 4. The highest BCUT2D eigenvalue weighted by Crippen LogP contribution is 2.27. The summed E-state index contributed by atoms with van der Waals surface area (Å²) in [6, 6.07) is 12.2. The Bertz CT molecular complexity index is 747. The molecule has 0 aliphatic carbocycles. The van der Waals surface area contributed by atoms with Crippen molar-refractivity contribution in [3.63, 3.8) is 0 Å². The van der Waals surface area contributed by atoms with Gasteiger partial charge in [0.15, 0.2) is 0 Å². The molecule has 0 atom stereocenters. The maximum Gasteiger partial charge on any atom is 0.233 e. The minimum Gasteiger partial charge on any atom is -0.497 e. The largest absolute Gasteiger partial charge is 0.497 e. The fourth-order valence-electron chi connectivity index (χ4n) is 2.10. The normalized spacial score (nSPS) is 10.0. The van der Waals surface area contributed by atoms with Gasteiger partial charge < -0.3 is 20.1 Å². The first-order valence-corrected chi connectivity index (χ1v) is 7.92. The van der Waals surface area contributed by atoms with E-state index >= 15 is 0 Å². The quantitative estimate of drug-likeness (QED) is 0.742. The van der Waals surface area contributed by atoms with Gasteiger partial charge in [0.1, 0.15) is 17.9 Å². The highest BCUT2D eigenvalue weighted by atomic mass is 35.5. The molecule has 0 fully saturated rings. The van der Waals surface area contributed by atoms with Gasteiger partial charge in [-0.05, 0) is 35.9 Å². The number of carbonyl (C=O) groups excluding carboxylic acids is 2. The number of anilines is 1. The summed E-state index contributed by atoms with van der Waals surface area (Å²) < 4.78 is 10.1. The van der Waals surface area contributed by atoms with E-state index in [2.05, 4.69) is 10.6 Å². The first-order valence-electron chi connectivity index (χ1n) is 7.55. The van der Waals surface area contributed by atoms with Crippen LogP contribution in [0.15, 0.2) is 42.5 Å². The summed E-state index contributed by atoms with van der Waals surface area (Å²) >= 11 is 5.99. The van der Waals surface area contributed by atoms with Crippen LogP contribution in [0.4, 0.5) is 5.69 Å². The van der Waals surface area contributed by atoms with Crippen LogP contribution in [0.3, 0.4) is 0 Å². The Morgan fingerprint density at radius 3 is 2.32 bits per heavy atom. The van der Waals surface area contributed by atoms with Crippen LogP contribution >= 0.6 is 11.6 Å². The van der Waals surface area contributed by atoms with Crippen LogP contribution in [0, 0.1) is 0 Å². The standard InChI is InChI=1S/C18H19ClN2O4/c1-24-14-6-3-12(4-7-14)11-20-17(22)10-18(23)21-13-5-8-16(25-2)15(19)9-13/h3-9H,10-11H2,1-2H3,(H,20,22)(H,21,23). The zero-order valence-corrected chi connectivity index (χ0v) is 14.7. The van der Waals surface area contributed by atoms with E-state index in [0.717, 1.165) is 11.3 Å². The van der Waals surface area contributed by atoms with Crippen molar-refractivity contribution in [1.82, 2.24) is 5.32 Å². The number of methoxy groups -OCH3 is 2. The molecule has 2 aromatic carbocycles. The molecule has 25 heavy (non-hydrogen) atoms.